The van der Waals surface area contributed by atoms with Crippen molar-refractivity contribution < 1.29 is 13.2 Å². The number of aromatic nitrogens is 2. The highest BCUT2D eigenvalue weighted by Crippen LogP contribution is 2.15. The van der Waals surface area contributed by atoms with Crippen molar-refractivity contribution in [2.45, 2.75) is 11.4 Å². The first-order chi connectivity index (χ1) is 12.9. The van der Waals surface area contributed by atoms with Gasteiger partial charge in [-0.2, -0.15) is 9.57 Å². The van der Waals surface area contributed by atoms with E-state index in [4.69, 9.17) is 5.26 Å². The highest BCUT2D eigenvalue weighted by molar-refractivity contribution is 7.89. The van der Waals surface area contributed by atoms with Gasteiger partial charge in [0.05, 0.1) is 16.5 Å². The van der Waals surface area contributed by atoms with Crippen LogP contribution in [-0.2, 0) is 16.6 Å². The SMILES string of the molecule is CN(CC#N)S(=O)(=O)c1ccc(CNC(=O)c2ccc3nccn3c2)cc1. The van der Waals surface area contributed by atoms with Gasteiger partial charge < -0.3 is 9.72 Å². The van der Waals surface area contributed by atoms with E-state index in [1.165, 1.54) is 19.2 Å². The van der Waals surface area contributed by atoms with Crippen molar-refractivity contribution in [2.75, 3.05) is 13.6 Å². The Morgan fingerprint density at radius 1 is 1.26 bits per heavy atom. The monoisotopic (exact) mass is 383 g/mol. The van der Waals surface area contributed by atoms with Crippen LogP contribution in [0.2, 0.25) is 0 Å². The number of nitriles is 1. The standard InChI is InChI=1S/C18H17N5O3S/c1-22(10-8-19)27(25,26)16-5-2-14(3-6-16)12-21-18(24)15-4-7-17-20-9-11-23(17)13-15/h2-7,9,11,13H,10,12H2,1H3,(H,21,24). The Hall–Kier alpha value is -3.22. The molecule has 0 saturated heterocycles. The molecule has 0 saturated carbocycles. The molecule has 0 radical (unpaired) electrons. The number of benzene rings is 1. The van der Waals surface area contributed by atoms with Crippen molar-refractivity contribution in [1.82, 2.24) is 19.0 Å². The lowest BCUT2D eigenvalue weighted by Gasteiger charge is -2.14. The number of rotatable bonds is 6. The zero-order chi connectivity index (χ0) is 19.4. The minimum Gasteiger partial charge on any atom is -0.348 e. The van der Waals surface area contributed by atoms with Gasteiger partial charge in [-0.3, -0.25) is 4.79 Å². The molecule has 1 aromatic carbocycles. The van der Waals surface area contributed by atoms with Crippen molar-refractivity contribution in [3.8, 4) is 6.07 Å². The summed E-state index contributed by atoms with van der Waals surface area (Å²) in [5.41, 5.74) is 2.01. The van der Waals surface area contributed by atoms with Crippen LogP contribution in [0.15, 0.2) is 59.9 Å². The zero-order valence-corrected chi connectivity index (χ0v) is 15.3. The first-order valence-electron chi connectivity index (χ1n) is 8.05. The molecule has 0 fully saturated rings. The van der Waals surface area contributed by atoms with Gasteiger partial charge in [0.2, 0.25) is 10.0 Å². The number of carbonyl (C=O) groups excluding carboxylic acids is 1. The Balaban J connectivity index is 1.66. The number of carbonyl (C=O) groups is 1. The maximum atomic E-state index is 12.3. The Morgan fingerprint density at radius 3 is 2.70 bits per heavy atom. The van der Waals surface area contributed by atoms with Crippen LogP contribution in [0.4, 0.5) is 0 Å². The minimum absolute atomic E-state index is 0.0980. The van der Waals surface area contributed by atoms with E-state index in [2.05, 4.69) is 10.3 Å². The Labute approximate surface area is 156 Å². The number of pyridine rings is 1. The van der Waals surface area contributed by atoms with Gasteiger partial charge in [0.15, 0.2) is 0 Å². The number of amides is 1. The smallest absolute Gasteiger partial charge is 0.253 e. The average Bonchev–Trinajstić information content (AvgIpc) is 3.14. The summed E-state index contributed by atoms with van der Waals surface area (Å²) in [5, 5.41) is 11.4. The topological polar surface area (TPSA) is 108 Å². The van der Waals surface area contributed by atoms with Gasteiger partial charge in [0, 0.05) is 32.2 Å². The van der Waals surface area contributed by atoms with Crippen molar-refractivity contribution >= 4 is 21.6 Å². The van der Waals surface area contributed by atoms with E-state index < -0.39 is 10.0 Å². The molecule has 0 aliphatic heterocycles. The molecule has 138 valence electrons. The molecule has 3 aromatic rings. The predicted molar refractivity (Wildman–Crippen MR) is 98.2 cm³/mol. The lowest BCUT2D eigenvalue weighted by molar-refractivity contribution is 0.0950. The summed E-state index contributed by atoms with van der Waals surface area (Å²) in [7, 11) is -2.34. The Kier molecular flexibility index (Phi) is 5.21. The number of nitrogens with one attached hydrogen (secondary N) is 1. The molecule has 8 nitrogen and oxygen atoms in total. The van der Waals surface area contributed by atoms with Gasteiger partial charge in [-0.25, -0.2) is 13.4 Å². The van der Waals surface area contributed by atoms with Gasteiger partial charge in [0.1, 0.15) is 12.2 Å². The molecule has 3 rings (SSSR count). The summed E-state index contributed by atoms with van der Waals surface area (Å²) in [6.45, 7) is 0.0383. The van der Waals surface area contributed by atoms with Gasteiger partial charge in [0.25, 0.3) is 5.91 Å². The van der Waals surface area contributed by atoms with E-state index in [1.54, 1.807) is 53.3 Å². The van der Waals surface area contributed by atoms with Gasteiger partial charge in [-0.05, 0) is 29.8 Å². The van der Waals surface area contributed by atoms with E-state index in [1.807, 2.05) is 0 Å². The maximum Gasteiger partial charge on any atom is 0.253 e. The summed E-state index contributed by atoms with van der Waals surface area (Å²) < 4.78 is 27.3. The Morgan fingerprint density at radius 2 is 2.00 bits per heavy atom. The molecule has 0 unspecified atom stereocenters. The predicted octanol–water partition coefficient (Wildman–Crippen LogP) is 1.41. The third-order valence-electron chi connectivity index (χ3n) is 4.03. The van der Waals surface area contributed by atoms with Crippen molar-refractivity contribution in [3.05, 3.63) is 66.1 Å². The van der Waals surface area contributed by atoms with Crippen LogP contribution < -0.4 is 5.32 Å². The number of hydrogen-bond acceptors (Lipinski definition) is 5. The zero-order valence-electron chi connectivity index (χ0n) is 14.5. The molecule has 0 aliphatic carbocycles. The van der Waals surface area contributed by atoms with Crippen molar-refractivity contribution in [1.29, 1.82) is 5.26 Å². The van der Waals surface area contributed by atoms with Gasteiger partial charge >= 0.3 is 0 Å². The van der Waals surface area contributed by atoms with E-state index in [0.717, 1.165) is 15.5 Å². The van der Waals surface area contributed by atoms with Crippen LogP contribution in [0, 0.1) is 11.3 Å². The number of hydrogen-bond donors (Lipinski definition) is 1. The van der Waals surface area contributed by atoms with E-state index >= 15 is 0 Å². The summed E-state index contributed by atoms with van der Waals surface area (Å²) in [6.07, 6.45) is 5.10. The lowest BCUT2D eigenvalue weighted by Crippen LogP contribution is -2.27. The molecule has 0 atom stereocenters. The van der Waals surface area contributed by atoms with Crippen molar-refractivity contribution in [3.63, 3.8) is 0 Å². The summed E-state index contributed by atoms with van der Waals surface area (Å²) in [4.78, 5) is 16.5. The Bertz CT molecular complexity index is 1110. The molecule has 2 aromatic heterocycles. The van der Waals surface area contributed by atoms with Crippen LogP contribution in [0.1, 0.15) is 15.9 Å². The van der Waals surface area contributed by atoms with Crippen LogP contribution in [0.5, 0.6) is 0 Å². The van der Waals surface area contributed by atoms with Crippen LogP contribution in [0.25, 0.3) is 5.65 Å². The fraction of sp³-hybridized carbons (Fsp3) is 0.167. The third-order valence-corrected chi connectivity index (χ3v) is 5.85. The highest BCUT2D eigenvalue weighted by atomic mass is 32.2. The molecule has 0 bridgehead atoms. The molecular weight excluding hydrogens is 366 g/mol. The molecule has 9 heteroatoms. The summed E-state index contributed by atoms with van der Waals surface area (Å²) >= 11 is 0. The van der Waals surface area contributed by atoms with Crippen LogP contribution in [0.3, 0.4) is 0 Å². The number of imidazole rings is 1. The molecule has 2 heterocycles. The summed E-state index contributed by atoms with van der Waals surface area (Å²) in [5.74, 6) is -0.240. The first kappa shape index (κ1) is 18.6. The highest BCUT2D eigenvalue weighted by Gasteiger charge is 2.20. The van der Waals surface area contributed by atoms with Crippen LogP contribution >= 0.6 is 0 Å². The normalized spacial score (nSPS) is 11.4. The second kappa shape index (κ2) is 7.57. The van der Waals surface area contributed by atoms with Gasteiger partial charge in [-0.15, -0.1) is 0 Å². The van der Waals surface area contributed by atoms with Crippen molar-refractivity contribution in [2.24, 2.45) is 0 Å². The quantitative estimate of drug-likeness (QED) is 0.648. The van der Waals surface area contributed by atoms with E-state index in [9.17, 15) is 13.2 Å². The fourth-order valence-corrected chi connectivity index (χ4v) is 3.55. The number of nitrogens with zero attached hydrogens (tertiary/aromatic N) is 4. The molecule has 0 spiro atoms. The molecule has 0 aliphatic rings. The first-order valence-corrected chi connectivity index (χ1v) is 9.49. The molecular formula is C18H17N5O3S. The molecule has 1 amide bonds. The van der Waals surface area contributed by atoms with E-state index in [0.29, 0.717) is 5.56 Å². The van der Waals surface area contributed by atoms with Crippen LogP contribution in [-0.4, -0.2) is 41.6 Å². The largest absolute Gasteiger partial charge is 0.348 e. The lowest BCUT2D eigenvalue weighted by atomic mass is 10.2. The summed E-state index contributed by atoms with van der Waals surface area (Å²) in [6, 6.07) is 11.4. The number of fused-ring (bicyclic) bond motifs is 1. The third kappa shape index (κ3) is 3.97. The fourth-order valence-electron chi connectivity index (χ4n) is 2.48. The minimum atomic E-state index is -3.69. The molecule has 27 heavy (non-hydrogen) atoms. The molecule has 1 N–H and O–H groups in total. The number of sulfonamides is 1. The maximum absolute atomic E-state index is 12.3. The van der Waals surface area contributed by atoms with Gasteiger partial charge in [-0.1, -0.05) is 12.1 Å². The second-order valence-corrected chi connectivity index (χ2v) is 7.90. The second-order valence-electron chi connectivity index (χ2n) is 5.86. The average molecular weight is 383 g/mol. The van der Waals surface area contributed by atoms with E-state index in [-0.39, 0.29) is 23.9 Å².